The minimum atomic E-state index is 0. The summed E-state index contributed by atoms with van der Waals surface area (Å²) in [6.45, 7) is 6.95. The van der Waals surface area contributed by atoms with Crippen LogP contribution in [0, 0.1) is 5.41 Å². The zero-order valence-corrected chi connectivity index (χ0v) is 15.3. The average molecular weight is 392 g/mol. The smallest absolute Gasteiger partial charge is 0.191 e. The van der Waals surface area contributed by atoms with Crippen LogP contribution in [0.25, 0.3) is 0 Å². The lowest BCUT2D eigenvalue weighted by molar-refractivity contribution is 0.256. The molecule has 1 heterocycles. The Hall–Kier alpha value is -0.0400. The number of rotatable bonds is 4. The van der Waals surface area contributed by atoms with Crippen molar-refractivity contribution in [3.8, 4) is 0 Å². The van der Waals surface area contributed by atoms with E-state index in [2.05, 4.69) is 34.4 Å². The highest BCUT2D eigenvalue weighted by Crippen LogP contribution is 2.44. The fourth-order valence-corrected chi connectivity index (χ4v) is 3.15. The number of guanidine groups is 1. The normalized spacial score (nSPS) is 32.6. The number of hydrogen-bond donors (Lipinski definition) is 2. The topological polar surface area (TPSA) is 39.7 Å². The summed E-state index contributed by atoms with van der Waals surface area (Å²) >= 11 is 0. The molecule has 20 heavy (non-hydrogen) atoms. The van der Waals surface area contributed by atoms with Crippen molar-refractivity contribution in [2.45, 2.75) is 64.1 Å². The Morgan fingerprint density at radius 1 is 1.35 bits per heavy atom. The minimum absolute atomic E-state index is 0. The largest absolute Gasteiger partial charge is 0.356 e. The van der Waals surface area contributed by atoms with E-state index in [1.807, 2.05) is 7.05 Å². The predicted molar refractivity (Wildman–Crippen MR) is 94.8 cm³/mol. The fourth-order valence-electron chi connectivity index (χ4n) is 3.15. The van der Waals surface area contributed by atoms with Crippen LogP contribution in [0.5, 0.6) is 0 Å². The van der Waals surface area contributed by atoms with Crippen LogP contribution in [-0.4, -0.2) is 49.1 Å². The molecule has 0 amide bonds. The number of halogens is 1. The molecule has 0 aromatic heterocycles. The molecule has 0 aromatic rings. The summed E-state index contributed by atoms with van der Waals surface area (Å²) in [5.74, 6) is 0.989. The van der Waals surface area contributed by atoms with Crippen molar-refractivity contribution < 1.29 is 0 Å². The van der Waals surface area contributed by atoms with Gasteiger partial charge in [-0.05, 0) is 44.4 Å². The molecule has 2 aliphatic carbocycles. The maximum atomic E-state index is 4.37. The van der Waals surface area contributed by atoms with Gasteiger partial charge in [-0.15, -0.1) is 24.0 Å². The van der Waals surface area contributed by atoms with E-state index < -0.39 is 0 Å². The molecule has 1 aliphatic heterocycles. The molecule has 4 nitrogen and oxygen atoms in total. The van der Waals surface area contributed by atoms with Gasteiger partial charge in [-0.1, -0.05) is 6.92 Å². The van der Waals surface area contributed by atoms with E-state index in [0.717, 1.165) is 24.6 Å². The maximum Gasteiger partial charge on any atom is 0.191 e. The molecule has 3 fully saturated rings. The van der Waals surface area contributed by atoms with E-state index in [0.29, 0.717) is 11.5 Å². The molecule has 2 unspecified atom stereocenters. The van der Waals surface area contributed by atoms with Crippen molar-refractivity contribution in [1.82, 2.24) is 15.5 Å². The van der Waals surface area contributed by atoms with Gasteiger partial charge in [-0.25, -0.2) is 0 Å². The van der Waals surface area contributed by atoms with Crippen molar-refractivity contribution in [3.05, 3.63) is 0 Å². The molecule has 2 saturated carbocycles. The Morgan fingerprint density at radius 3 is 2.60 bits per heavy atom. The summed E-state index contributed by atoms with van der Waals surface area (Å²) in [4.78, 5) is 7.04. The number of likely N-dealkylation sites (tertiary alicyclic amines) is 1. The molecule has 0 spiro atoms. The Balaban J connectivity index is 0.00000147. The third-order valence-electron chi connectivity index (χ3n) is 4.99. The van der Waals surface area contributed by atoms with Crippen molar-refractivity contribution in [3.63, 3.8) is 0 Å². The van der Waals surface area contributed by atoms with Crippen LogP contribution >= 0.6 is 24.0 Å². The van der Waals surface area contributed by atoms with Crippen LogP contribution in [0.4, 0.5) is 0 Å². The molecule has 2 N–H and O–H groups in total. The van der Waals surface area contributed by atoms with Crippen molar-refractivity contribution >= 4 is 29.9 Å². The number of nitrogens with zero attached hydrogens (tertiary/aromatic N) is 2. The second kappa shape index (κ2) is 6.38. The van der Waals surface area contributed by atoms with Gasteiger partial charge < -0.3 is 10.6 Å². The van der Waals surface area contributed by atoms with Gasteiger partial charge in [0.05, 0.1) is 0 Å². The molecule has 116 valence electrons. The van der Waals surface area contributed by atoms with Gasteiger partial charge in [-0.3, -0.25) is 9.89 Å². The van der Waals surface area contributed by atoms with Gasteiger partial charge in [0.15, 0.2) is 5.96 Å². The molecule has 0 bridgehead atoms. The van der Waals surface area contributed by atoms with Crippen molar-refractivity contribution in [1.29, 1.82) is 0 Å². The van der Waals surface area contributed by atoms with Crippen LogP contribution in [0.15, 0.2) is 4.99 Å². The Kier molecular flexibility index (Phi) is 5.21. The van der Waals surface area contributed by atoms with Crippen LogP contribution in [0.2, 0.25) is 0 Å². The van der Waals surface area contributed by atoms with Crippen LogP contribution in [0.1, 0.15) is 46.0 Å². The standard InChI is InChI=1S/C15H28N4.HI/c1-11-8-12(9-19(11)13-4-5-13)18-14(16-3)17-10-15(2)6-7-15;/h11-13H,4-10H2,1-3H3,(H2,16,17,18);1H. The Bertz CT molecular complexity index is 363. The predicted octanol–water partition coefficient (Wildman–Crippen LogP) is 2.19. The summed E-state index contributed by atoms with van der Waals surface area (Å²) < 4.78 is 0. The van der Waals surface area contributed by atoms with E-state index in [9.17, 15) is 0 Å². The molecular weight excluding hydrogens is 363 g/mol. The fraction of sp³-hybridized carbons (Fsp3) is 0.933. The summed E-state index contributed by atoms with van der Waals surface area (Å²) in [6.07, 6.45) is 6.76. The minimum Gasteiger partial charge on any atom is -0.356 e. The summed E-state index contributed by atoms with van der Waals surface area (Å²) in [7, 11) is 1.88. The summed E-state index contributed by atoms with van der Waals surface area (Å²) in [6, 6.07) is 2.17. The van der Waals surface area contributed by atoms with E-state index in [-0.39, 0.29) is 24.0 Å². The van der Waals surface area contributed by atoms with Crippen molar-refractivity contribution in [2.24, 2.45) is 10.4 Å². The number of hydrogen-bond acceptors (Lipinski definition) is 2. The molecule has 5 heteroatoms. The Labute approximate surface area is 140 Å². The van der Waals surface area contributed by atoms with Gasteiger partial charge in [-0.2, -0.15) is 0 Å². The molecule has 0 aromatic carbocycles. The molecular formula is C15H29IN4. The molecule has 0 radical (unpaired) electrons. The lowest BCUT2D eigenvalue weighted by Gasteiger charge is -2.20. The quantitative estimate of drug-likeness (QED) is 0.438. The first-order valence-corrected chi connectivity index (χ1v) is 7.82. The summed E-state index contributed by atoms with van der Waals surface area (Å²) in [5.41, 5.74) is 0.528. The van der Waals surface area contributed by atoms with E-state index in [1.165, 1.54) is 38.6 Å². The van der Waals surface area contributed by atoms with Crippen LogP contribution in [0.3, 0.4) is 0 Å². The molecule has 3 aliphatic rings. The number of nitrogens with one attached hydrogen (secondary N) is 2. The van der Waals surface area contributed by atoms with Crippen LogP contribution < -0.4 is 10.6 Å². The van der Waals surface area contributed by atoms with E-state index in [4.69, 9.17) is 0 Å². The molecule has 2 atom stereocenters. The van der Waals surface area contributed by atoms with Gasteiger partial charge in [0, 0.05) is 38.3 Å². The molecule has 1 saturated heterocycles. The lowest BCUT2D eigenvalue weighted by atomic mass is 10.1. The Morgan fingerprint density at radius 2 is 2.05 bits per heavy atom. The first-order valence-electron chi connectivity index (χ1n) is 7.82. The SMILES string of the molecule is CN=C(NCC1(C)CC1)NC1CC(C)N(C2CC2)C1.I. The lowest BCUT2D eigenvalue weighted by Crippen LogP contribution is -2.46. The van der Waals surface area contributed by atoms with E-state index in [1.54, 1.807) is 0 Å². The van der Waals surface area contributed by atoms with Gasteiger partial charge in [0.1, 0.15) is 0 Å². The monoisotopic (exact) mass is 392 g/mol. The van der Waals surface area contributed by atoms with Gasteiger partial charge >= 0.3 is 0 Å². The van der Waals surface area contributed by atoms with Gasteiger partial charge in [0.25, 0.3) is 0 Å². The third-order valence-corrected chi connectivity index (χ3v) is 4.99. The highest BCUT2D eigenvalue weighted by molar-refractivity contribution is 14.0. The van der Waals surface area contributed by atoms with Gasteiger partial charge in [0.2, 0.25) is 0 Å². The second-order valence-electron chi connectivity index (χ2n) is 7.09. The van der Waals surface area contributed by atoms with E-state index >= 15 is 0 Å². The average Bonchev–Trinajstić information content (AvgIpc) is 3.29. The second-order valence-corrected chi connectivity index (χ2v) is 7.09. The maximum absolute atomic E-state index is 4.37. The third kappa shape index (κ3) is 4.00. The highest BCUT2D eigenvalue weighted by Gasteiger charge is 2.39. The first-order chi connectivity index (χ1) is 9.09. The number of aliphatic imine (C=N–C) groups is 1. The van der Waals surface area contributed by atoms with Crippen LogP contribution in [-0.2, 0) is 0 Å². The summed E-state index contributed by atoms with van der Waals surface area (Å²) in [5, 5.41) is 7.10. The highest BCUT2D eigenvalue weighted by atomic mass is 127. The first kappa shape index (κ1) is 16.3. The van der Waals surface area contributed by atoms with Crippen molar-refractivity contribution in [2.75, 3.05) is 20.1 Å². The zero-order valence-electron chi connectivity index (χ0n) is 13.0. The molecule has 3 rings (SSSR count). The zero-order chi connectivity index (χ0) is 13.5.